The molecule has 1 fully saturated rings. The van der Waals surface area contributed by atoms with Crippen molar-refractivity contribution in [3.8, 4) is 5.75 Å². The van der Waals surface area contributed by atoms with E-state index in [9.17, 15) is 4.79 Å². The normalized spacial score (nSPS) is 13.5. The number of nitrogens with zero attached hydrogens (tertiary/aromatic N) is 5. The first kappa shape index (κ1) is 21.6. The minimum Gasteiger partial charge on any atom is -0.497 e. The number of aromatic nitrogens is 3. The van der Waals surface area contributed by atoms with Gasteiger partial charge in [0.15, 0.2) is 10.8 Å². The second-order valence-electron chi connectivity index (χ2n) is 7.77. The standard InChI is InChI=1S/C24H22ClN5O2S/c1-32-17-9-10-19-20(13-17)33-24(27-19)30(15-16-7-3-2-4-8-16)22(31)21-18(25)14-26-23(28-21)29-11-5-6-12-29/h2-4,7-10,13-14H,5-6,11-12,15H2,1H3. The van der Waals surface area contributed by atoms with Gasteiger partial charge in [0.1, 0.15) is 5.75 Å². The number of thiazole rings is 1. The van der Waals surface area contributed by atoms with E-state index in [0.717, 1.165) is 47.5 Å². The number of hydrogen-bond donors (Lipinski definition) is 0. The molecule has 9 heteroatoms. The maximum atomic E-state index is 13.8. The van der Waals surface area contributed by atoms with Crippen molar-refractivity contribution in [2.75, 3.05) is 30.0 Å². The van der Waals surface area contributed by atoms with E-state index in [4.69, 9.17) is 21.3 Å². The van der Waals surface area contributed by atoms with Crippen LogP contribution in [0.5, 0.6) is 5.75 Å². The molecule has 2 aromatic heterocycles. The predicted molar refractivity (Wildman–Crippen MR) is 132 cm³/mol. The number of carbonyl (C=O) groups excluding carboxylic acids is 1. The third-order valence-electron chi connectivity index (χ3n) is 5.57. The molecular weight excluding hydrogens is 458 g/mol. The zero-order valence-corrected chi connectivity index (χ0v) is 19.6. The molecule has 0 bridgehead atoms. The number of carbonyl (C=O) groups is 1. The molecule has 1 aliphatic heterocycles. The van der Waals surface area contributed by atoms with Crippen molar-refractivity contribution in [1.82, 2.24) is 15.0 Å². The number of ether oxygens (including phenoxy) is 1. The molecule has 7 nitrogen and oxygen atoms in total. The molecular formula is C24H22ClN5O2S. The van der Waals surface area contributed by atoms with Crippen molar-refractivity contribution in [2.24, 2.45) is 0 Å². The van der Waals surface area contributed by atoms with E-state index in [2.05, 4.69) is 14.9 Å². The minimum atomic E-state index is -0.308. The summed E-state index contributed by atoms with van der Waals surface area (Å²) < 4.78 is 6.27. The fourth-order valence-electron chi connectivity index (χ4n) is 3.83. The lowest BCUT2D eigenvalue weighted by Crippen LogP contribution is -2.32. The highest BCUT2D eigenvalue weighted by Gasteiger charge is 2.27. The molecule has 2 aromatic carbocycles. The number of anilines is 2. The summed E-state index contributed by atoms with van der Waals surface area (Å²) in [7, 11) is 1.63. The molecule has 0 radical (unpaired) electrons. The summed E-state index contributed by atoms with van der Waals surface area (Å²) in [5.74, 6) is 0.972. The molecule has 0 unspecified atom stereocenters. The Morgan fingerprint density at radius 1 is 1.15 bits per heavy atom. The quantitative estimate of drug-likeness (QED) is 0.378. The Labute approximate surface area is 200 Å². The van der Waals surface area contributed by atoms with E-state index in [1.807, 2.05) is 48.5 Å². The highest BCUT2D eigenvalue weighted by Crippen LogP contribution is 2.33. The number of methoxy groups -OCH3 is 1. The summed E-state index contributed by atoms with van der Waals surface area (Å²) in [4.78, 5) is 31.2. The van der Waals surface area contributed by atoms with Gasteiger partial charge in [0, 0.05) is 13.1 Å². The van der Waals surface area contributed by atoms with Crippen LogP contribution in [0.3, 0.4) is 0 Å². The van der Waals surface area contributed by atoms with Gasteiger partial charge in [0.05, 0.1) is 35.1 Å². The van der Waals surface area contributed by atoms with Gasteiger partial charge in [0.2, 0.25) is 5.95 Å². The van der Waals surface area contributed by atoms with Crippen LogP contribution in [0.1, 0.15) is 28.9 Å². The lowest BCUT2D eigenvalue weighted by molar-refractivity contribution is 0.0980. The monoisotopic (exact) mass is 479 g/mol. The van der Waals surface area contributed by atoms with Crippen LogP contribution >= 0.6 is 22.9 Å². The number of fused-ring (bicyclic) bond motifs is 1. The summed E-state index contributed by atoms with van der Waals surface area (Å²) in [5.41, 5.74) is 1.96. The van der Waals surface area contributed by atoms with Gasteiger partial charge in [-0.15, -0.1) is 0 Å². The van der Waals surface area contributed by atoms with Crippen molar-refractivity contribution in [3.05, 3.63) is 71.0 Å². The summed E-state index contributed by atoms with van der Waals surface area (Å²) in [6.45, 7) is 2.10. The molecule has 5 rings (SSSR count). The molecule has 1 aliphatic rings. The zero-order valence-electron chi connectivity index (χ0n) is 18.1. The smallest absolute Gasteiger partial charge is 0.280 e. The number of hydrogen-bond acceptors (Lipinski definition) is 7. The van der Waals surface area contributed by atoms with Gasteiger partial charge in [-0.25, -0.2) is 15.0 Å². The zero-order chi connectivity index (χ0) is 22.8. The van der Waals surface area contributed by atoms with Crippen LogP contribution in [-0.2, 0) is 6.54 Å². The number of rotatable bonds is 6. The van der Waals surface area contributed by atoms with E-state index in [-0.39, 0.29) is 16.6 Å². The first-order chi connectivity index (χ1) is 16.1. The first-order valence-electron chi connectivity index (χ1n) is 10.7. The van der Waals surface area contributed by atoms with Crippen LogP contribution in [-0.4, -0.2) is 41.1 Å². The van der Waals surface area contributed by atoms with E-state index >= 15 is 0 Å². The van der Waals surface area contributed by atoms with Crippen LogP contribution < -0.4 is 14.5 Å². The lowest BCUT2D eigenvalue weighted by atomic mass is 10.2. The molecule has 3 heterocycles. The van der Waals surface area contributed by atoms with Gasteiger partial charge < -0.3 is 9.64 Å². The van der Waals surface area contributed by atoms with Crippen LogP contribution in [0, 0.1) is 0 Å². The van der Waals surface area contributed by atoms with Gasteiger partial charge in [-0.05, 0) is 36.6 Å². The van der Waals surface area contributed by atoms with E-state index in [0.29, 0.717) is 17.6 Å². The Hall–Kier alpha value is -3.23. The molecule has 0 N–H and O–H groups in total. The molecule has 1 amide bonds. The largest absolute Gasteiger partial charge is 0.497 e. The van der Waals surface area contributed by atoms with Crippen LogP contribution in [0.2, 0.25) is 5.02 Å². The molecule has 0 atom stereocenters. The third-order valence-corrected chi connectivity index (χ3v) is 6.88. The highest BCUT2D eigenvalue weighted by atomic mass is 35.5. The fourth-order valence-corrected chi connectivity index (χ4v) is 5.00. The van der Waals surface area contributed by atoms with Crippen LogP contribution in [0.4, 0.5) is 11.1 Å². The van der Waals surface area contributed by atoms with Crippen molar-refractivity contribution >= 4 is 50.1 Å². The van der Waals surface area contributed by atoms with E-state index in [1.54, 1.807) is 12.0 Å². The Bertz CT molecular complexity index is 1290. The Balaban J connectivity index is 1.56. The molecule has 0 aliphatic carbocycles. The van der Waals surface area contributed by atoms with Gasteiger partial charge in [-0.2, -0.15) is 0 Å². The minimum absolute atomic E-state index is 0.182. The maximum absolute atomic E-state index is 13.8. The van der Waals surface area contributed by atoms with Crippen molar-refractivity contribution in [3.63, 3.8) is 0 Å². The Morgan fingerprint density at radius 3 is 2.70 bits per heavy atom. The maximum Gasteiger partial charge on any atom is 0.280 e. The topological polar surface area (TPSA) is 71.5 Å². The van der Waals surface area contributed by atoms with Gasteiger partial charge in [0.25, 0.3) is 5.91 Å². The molecule has 0 saturated carbocycles. The number of benzene rings is 2. The summed E-state index contributed by atoms with van der Waals surface area (Å²) in [6, 6.07) is 15.5. The van der Waals surface area contributed by atoms with Crippen molar-refractivity contribution in [1.29, 1.82) is 0 Å². The highest BCUT2D eigenvalue weighted by molar-refractivity contribution is 7.22. The van der Waals surface area contributed by atoms with E-state index < -0.39 is 0 Å². The van der Waals surface area contributed by atoms with Gasteiger partial charge >= 0.3 is 0 Å². The molecule has 1 saturated heterocycles. The molecule has 168 valence electrons. The van der Waals surface area contributed by atoms with Crippen molar-refractivity contribution < 1.29 is 9.53 Å². The van der Waals surface area contributed by atoms with Crippen LogP contribution in [0.25, 0.3) is 10.2 Å². The average Bonchev–Trinajstić information content (AvgIpc) is 3.53. The SMILES string of the molecule is COc1ccc2nc(N(Cc3ccccc3)C(=O)c3nc(N4CCCC4)ncc3Cl)sc2c1. The predicted octanol–water partition coefficient (Wildman–Crippen LogP) is 5.20. The summed E-state index contributed by atoms with van der Waals surface area (Å²) >= 11 is 7.86. The number of amides is 1. The fraction of sp³-hybridized carbons (Fsp3) is 0.250. The van der Waals surface area contributed by atoms with Gasteiger partial charge in [-0.3, -0.25) is 9.69 Å². The lowest BCUT2D eigenvalue weighted by Gasteiger charge is -2.21. The molecule has 0 spiro atoms. The second kappa shape index (κ2) is 9.33. The first-order valence-corrected chi connectivity index (χ1v) is 11.9. The van der Waals surface area contributed by atoms with Crippen molar-refractivity contribution in [2.45, 2.75) is 19.4 Å². The molecule has 4 aromatic rings. The summed E-state index contributed by atoms with van der Waals surface area (Å²) in [6.07, 6.45) is 3.69. The Kier molecular flexibility index (Phi) is 6.11. The summed E-state index contributed by atoms with van der Waals surface area (Å²) in [5, 5.41) is 0.799. The second-order valence-corrected chi connectivity index (χ2v) is 9.18. The third kappa shape index (κ3) is 4.49. The Morgan fingerprint density at radius 2 is 1.94 bits per heavy atom. The average molecular weight is 480 g/mol. The molecule has 33 heavy (non-hydrogen) atoms. The van der Waals surface area contributed by atoms with Crippen LogP contribution in [0.15, 0.2) is 54.7 Å². The van der Waals surface area contributed by atoms with E-state index in [1.165, 1.54) is 17.5 Å². The number of halogens is 1. The van der Waals surface area contributed by atoms with Gasteiger partial charge in [-0.1, -0.05) is 53.3 Å².